The maximum atomic E-state index is 12.3. The second kappa shape index (κ2) is 11.5. The van der Waals surface area contributed by atoms with Crippen LogP contribution >= 0.6 is 0 Å². The van der Waals surface area contributed by atoms with E-state index in [0.717, 1.165) is 0 Å². The number of anilines is 2. The van der Waals surface area contributed by atoms with Crippen molar-refractivity contribution >= 4 is 34.6 Å². The van der Waals surface area contributed by atoms with Gasteiger partial charge in [-0.05, 0) is 29.5 Å². The van der Waals surface area contributed by atoms with Gasteiger partial charge in [-0.1, -0.05) is 32.9 Å². The Morgan fingerprint density at radius 1 is 1.13 bits per heavy atom. The predicted octanol–water partition coefficient (Wildman–Crippen LogP) is 1.39. The summed E-state index contributed by atoms with van der Waals surface area (Å²) in [6, 6.07) is 7.35. The summed E-state index contributed by atoms with van der Waals surface area (Å²) in [7, 11) is 0. The van der Waals surface area contributed by atoms with E-state index in [9.17, 15) is 19.8 Å². The van der Waals surface area contributed by atoms with Crippen LogP contribution in [0.3, 0.4) is 0 Å². The fourth-order valence-corrected chi connectivity index (χ4v) is 4.46. The summed E-state index contributed by atoms with van der Waals surface area (Å²) in [5.41, 5.74) is 8.44. The molecule has 1 aliphatic rings. The van der Waals surface area contributed by atoms with Gasteiger partial charge in [0.2, 0.25) is 5.91 Å². The van der Waals surface area contributed by atoms with Crippen molar-refractivity contribution in [3.63, 3.8) is 0 Å². The van der Waals surface area contributed by atoms with Gasteiger partial charge in [0.1, 0.15) is 30.2 Å². The molecule has 0 saturated carbocycles. The van der Waals surface area contributed by atoms with Crippen molar-refractivity contribution in [1.82, 2.24) is 29.7 Å². The third-order valence-electron chi connectivity index (χ3n) is 6.74. The van der Waals surface area contributed by atoms with Gasteiger partial charge in [0.25, 0.3) is 0 Å². The summed E-state index contributed by atoms with van der Waals surface area (Å²) in [4.78, 5) is 38.3. The number of amides is 3. The van der Waals surface area contributed by atoms with Crippen LogP contribution in [0.5, 0.6) is 0 Å². The van der Waals surface area contributed by atoms with Crippen LogP contribution in [0.1, 0.15) is 45.9 Å². The maximum absolute atomic E-state index is 12.3. The largest absolute Gasteiger partial charge is 0.387 e. The van der Waals surface area contributed by atoms with Crippen molar-refractivity contribution in [2.45, 2.75) is 64.1 Å². The zero-order valence-electron chi connectivity index (χ0n) is 22.5. The first-order chi connectivity index (χ1) is 18.5. The summed E-state index contributed by atoms with van der Waals surface area (Å²) in [6.45, 7) is 8.50. The van der Waals surface area contributed by atoms with E-state index in [0.29, 0.717) is 36.4 Å². The minimum atomic E-state index is -1.28. The number of aromatic nitrogens is 4. The van der Waals surface area contributed by atoms with E-state index in [1.54, 1.807) is 0 Å². The van der Waals surface area contributed by atoms with Crippen LogP contribution in [-0.4, -0.2) is 84.5 Å². The van der Waals surface area contributed by atoms with Crippen molar-refractivity contribution in [1.29, 1.82) is 0 Å². The zero-order valence-corrected chi connectivity index (χ0v) is 22.5. The average Bonchev–Trinajstić information content (AvgIpc) is 3.42. The molecule has 3 amide bonds. The first-order valence-electron chi connectivity index (χ1n) is 12.8. The van der Waals surface area contributed by atoms with Crippen LogP contribution in [0.25, 0.3) is 11.2 Å². The molecule has 6 N–H and O–H groups in total. The van der Waals surface area contributed by atoms with Crippen LogP contribution in [0.15, 0.2) is 36.9 Å². The standard InChI is InChI=1S/C26H36N8O5/c1-15(35)33(11-5-10-28-25(38)32-17-8-6-16(7-9-17)26(2,3)4)12-18-20(36)21(37)24(39-18)34-14-31-19-22(27)29-13-30-23(19)34/h6-9,13-14,18,20-21,24,36-37H,5,10-12H2,1-4H3,(H2,27,29,30)(H2,28,32,38)/t18-,20-,21-,24?/m1/s1. The molecule has 1 unspecified atom stereocenters. The molecular weight excluding hydrogens is 504 g/mol. The summed E-state index contributed by atoms with van der Waals surface area (Å²) in [5.74, 6) is -0.0347. The zero-order chi connectivity index (χ0) is 28.3. The topological polar surface area (TPSA) is 181 Å². The van der Waals surface area contributed by atoms with E-state index >= 15 is 0 Å². The smallest absolute Gasteiger partial charge is 0.319 e. The van der Waals surface area contributed by atoms with Gasteiger partial charge in [-0.15, -0.1) is 0 Å². The molecule has 1 aliphatic heterocycles. The number of nitrogen functional groups attached to an aromatic ring is 1. The number of carbonyl (C=O) groups excluding carboxylic acids is 2. The van der Waals surface area contributed by atoms with Crippen molar-refractivity contribution in [2.75, 3.05) is 30.7 Å². The number of aliphatic hydroxyl groups excluding tert-OH is 2. The Bertz CT molecular complexity index is 1310. The molecule has 4 rings (SSSR count). The van der Waals surface area contributed by atoms with Crippen LogP contribution in [-0.2, 0) is 14.9 Å². The molecule has 0 aliphatic carbocycles. The van der Waals surface area contributed by atoms with Crippen molar-refractivity contribution in [3.05, 3.63) is 42.5 Å². The molecule has 0 bridgehead atoms. The number of ether oxygens (including phenoxy) is 1. The van der Waals surface area contributed by atoms with Gasteiger partial charge < -0.3 is 36.2 Å². The van der Waals surface area contributed by atoms with E-state index in [2.05, 4.69) is 46.4 Å². The Morgan fingerprint density at radius 3 is 2.51 bits per heavy atom. The maximum Gasteiger partial charge on any atom is 0.319 e. The monoisotopic (exact) mass is 540 g/mol. The SMILES string of the molecule is CC(=O)N(CCCNC(=O)Nc1ccc(C(C)(C)C)cc1)C[C@H]1OC(n2cnc3c(N)ncnc32)[C@H](O)[C@@H]1O. The van der Waals surface area contributed by atoms with Gasteiger partial charge in [-0.3, -0.25) is 9.36 Å². The molecule has 13 nitrogen and oxygen atoms in total. The fraction of sp³-hybridized carbons (Fsp3) is 0.500. The lowest BCUT2D eigenvalue weighted by molar-refractivity contribution is -0.132. The Morgan fingerprint density at radius 2 is 1.85 bits per heavy atom. The first-order valence-corrected chi connectivity index (χ1v) is 12.8. The highest BCUT2D eigenvalue weighted by molar-refractivity contribution is 5.89. The second-order valence-electron chi connectivity index (χ2n) is 10.7. The number of benzene rings is 1. The summed E-state index contributed by atoms with van der Waals surface area (Å²) >= 11 is 0. The van der Waals surface area contributed by atoms with Gasteiger partial charge in [0.05, 0.1) is 6.33 Å². The van der Waals surface area contributed by atoms with Crippen LogP contribution in [0.2, 0.25) is 0 Å². The van der Waals surface area contributed by atoms with Crippen LogP contribution in [0.4, 0.5) is 16.3 Å². The molecule has 0 spiro atoms. The number of nitrogens with two attached hydrogens (primary N) is 1. The molecule has 3 heterocycles. The molecule has 1 fully saturated rings. The third-order valence-corrected chi connectivity index (χ3v) is 6.74. The highest BCUT2D eigenvalue weighted by atomic mass is 16.6. The summed E-state index contributed by atoms with van der Waals surface area (Å²) in [5, 5.41) is 26.9. The predicted molar refractivity (Wildman–Crippen MR) is 145 cm³/mol. The second-order valence-corrected chi connectivity index (χ2v) is 10.7. The number of aliphatic hydroxyl groups is 2. The molecule has 2 aromatic heterocycles. The fourth-order valence-electron chi connectivity index (χ4n) is 4.46. The lowest BCUT2D eigenvalue weighted by Crippen LogP contribution is -2.43. The summed E-state index contributed by atoms with van der Waals surface area (Å²) in [6.07, 6.45) is -1.18. The van der Waals surface area contributed by atoms with Gasteiger partial charge >= 0.3 is 6.03 Å². The van der Waals surface area contributed by atoms with E-state index in [1.165, 1.54) is 34.6 Å². The minimum Gasteiger partial charge on any atom is -0.387 e. The van der Waals surface area contributed by atoms with Crippen molar-refractivity contribution in [2.24, 2.45) is 0 Å². The Labute approximate surface area is 226 Å². The summed E-state index contributed by atoms with van der Waals surface area (Å²) < 4.78 is 7.43. The number of hydrogen-bond acceptors (Lipinski definition) is 9. The van der Waals surface area contributed by atoms with Crippen LogP contribution in [0, 0.1) is 0 Å². The quantitative estimate of drug-likeness (QED) is 0.264. The molecule has 1 aromatic carbocycles. The number of fused-ring (bicyclic) bond motifs is 1. The molecule has 210 valence electrons. The molecule has 39 heavy (non-hydrogen) atoms. The van der Waals surface area contributed by atoms with Crippen molar-refractivity contribution in [3.8, 4) is 0 Å². The van der Waals surface area contributed by atoms with Gasteiger partial charge in [-0.2, -0.15) is 0 Å². The molecule has 13 heteroatoms. The number of rotatable bonds is 8. The number of nitrogens with one attached hydrogen (secondary N) is 2. The number of imidazole rings is 1. The lowest BCUT2D eigenvalue weighted by atomic mass is 9.87. The van der Waals surface area contributed by atoms with E-state index in [1.807, 2.05) is 24.3 Å². The van der Waals surface area contributed by atoms with Crippen LogP contribution < -0.4 is 16.4 Å². The van der Waals surface area contributed by atoms with Gasteiger partial charge in [0, 0.05) is 32.2 Å². The normalized spacial score (nSPS) is 21.2. The van der Waals surface area contributed by atoms with Crippen molar-refractivity contribution < 1.29 is 24.5 Å². The number of urea groups is 1. The lowest BCUT2D eigenvalue weighted by Gasteiger charge is -2.26. The minimum absolute atomic E-state index is 0.0271. The molecular formula is C26H36N8O5. The number of nitrogens with zero attached hydrogens (tertiary/aromatic N) is 5. The Balaban J connectivity index is 1.28. The average molecular weight is 541 g/mol. The number of hydrogen-bond donors (Lipinski definition) is 5. The molecule has 1 saturated heterocycles. The van der Waals surface area contributed by atoms with Gasteiger partial charge in [-0.25, -0.2) is 19.7 Å². The highest BCUT2D eigenvalue weighted by Crippen LogP contribution is 2.32. The van der Waals surface area contributed by atoms with E-state index in [-0.39, 0.29) is 29.7 Å². The Hall–Kier alpha value is -3.81. The third kappa shape index (κ3) is 6.44. The number of carbonyl (C=O) groups is 2. The molecule has 4 atom stereocenters. The first kappa shape index (κ1) is 28.2. The van der Waals surface area contributed by atoms with E-state index < -0.39 is 24.5 Å². The highest BCUT2D eigenvalue weighted by Gasteiger charge is 2.45. The Kier molecular flexibility index (Phi) is 8.33. The molecule has 0 radical (unpaired) electrons. The molecule has 3 aromatic rings. The van der Waals surface area contributed by atoms with Gasteiger partial charge in [0.15, 0.2) is 17.7 Å². The van der Waals surface area contributed by atoms with E-state index in [4.69, 9.17) is 10.5 Å².